The van der Waals surface area contributed by atoms with E-state index in [1.165, 1.54) is 0 Å². The zero-order valence-electron chi connectivity index (χ0n) is 15.2. The summed E-state index contributed by atoms with van der Waals surface area (Å²) in [5, 5.41) is 0.656. The number of ether oxygens (including phenoxy) is 1. The largest absolute Gasteiger partial charge is 0.496 e. The third-order valence-corrected chi connectivity index (χ3v) is 5.02. The van der Waals surface area contributed by atoms with E-state index in [1.807, 2.05) is 61.8 Å². The van der Waals surface area contributed by atoms with Gasteiger partial charge in [-0.15, -0.1) is 0 Å². The fourth-order valence-electron chi connectivity index (χ4n) is 3.28. The molecule has 27 heavy (non-hydrogen) atoms. The number of nitrogens with two attached hydrogens (primary N) is 1. The maximum atomic E-state index is 6.45. The van der Waals surface area contributed by atoms with Crippen LogP contribution in [0.5, 0.6) is 5.75 Å². The predicted molar refractivity (Wildman–Crippen MR) is 111 cm³/mol. The van der Waals surface area contributed by atoms with Crippen molar-refractivity contribution in [3.8, 4) is 22.6 Å². The summed E-state index contributed by atoms with van der Waals surface area (Å²) >= 11 is 6.45. The van der Waals surface area contributed by atoms with E-state index in [0.717, 1.165) is 39.2 Å². The molecule has 0 radical (unpaired) electrons. The Balaban J connectivity index is 1.84. The molecule has 136 valence electrons. The topological polar surface area (TPSA) is 53.1 Å². The molecule has 2 N–H and O–H groups in total. The van der Waals surface area contributed by atoms with E-state index >= 15 is 0 Å². The van der Waals surface area contributed by atoms with Crippen LogP contribution in [-0.4, -0.2) is 16.7 Å². The van der Waals surface area contributed by atoms with Crippen molar-refractivity contribution < 1.29 is 4.74 Å². The number of hydrogen-bond donors (Lipinski definition) is 1. The van der Waals surface area contributed by atoms with Crippen LogP contribution >= 0.6 is 11.6 Å². The van der Waals surface area contributed by atoms with Crippen molar-refractivity contribution in [3.05, 3.63) is 77.6 Å². The minimum Gasteiger partial charge on any atom is -0.496 e. The van der Waals surface area contributed by atoms with Gasteiger partial charge in [0.05, 0.1) is 23.2 Å². The monoisotopic (exact) mass is 377 g/mol. The first kappa shape index (κ1) is 17.6. The molecule has 0 fully saturated rings. The summed E-state index contributed by atoms with van der Waals surface area (Å²) in [7, 11) is 1.65. The van der Waals surface area contributed by atoms with Crippen molar-refractivity contribution in [2.75, 3.05) is 7.11 Å². The highest BCUT2D eigenvalue weighted by molar-refractivity contribution is 6.33. The van der Waals surface area contributed by atoms with Crippen LogP contribution in [0.2, 0.25) is 5.02 Å². The summed E-state index contributed by atoms with van der Waals surface area (Å²) < 4.78 is 7.56. The molecule has 1 heterocycles. The van der Waals surface area contributed by atoms with Gasteiger partial charge in [0.15, 0.2) is 0 Å². The van der Waals surface area contributed by atoms with Gasteiger partial charge in [-0.05, 0) is 54.4 Å². The Bertz CT molecular complexity index is 1120. The highest BCUT2D eigenvalue weighted by Gasteiger charge is 2.12. The van der Waals surface area contributed by atoms with Crippen LogP contribution in [0.25, 0.3) is 27.8 Å². The van der Waals surface area contributed by atoms with Gasteiger partial charge >= 0.3 is 0 Å². The van der Waals surface area contributed by atoms with Crippen LogP contribution in [-0.2, 0) is 0 Å². The predicted octanol–water partition coefficient (Wildman–Crippen LogP) is 5.37. The normalized spacial score (nSPS) is 12.3. The van der Waals surface area contributed by atoms with E-state index in [0.29, 0.717) is 5.02 Å². The van der Waals surface area contributed by atoms with Crippen LogP contribution in [0.3, 0.4) is 0 Å². The van der Waals surface area contributed by atoms with E-state index in [-0.39, 0.29) is 6.04 Å². The van der Waals surface area contributed by atoms with Crippen molar-refractivity contribution in [3.63, 3.8) is 0 Å². The fourth-order valence-corrected chi connectivity index (χ4v) is 3.56. The lowest BCUT2D eigenvalue weighted by atomic mass is 10.0. The van der Waals surface area contributed by atoms with Crippen molar-refractivity contribution in [2.45, 2.75) is 13.0 Å². The van der Waals surface area contributed by atoms with Crippen LogP contribution in [0, 0.1) is 0 Å². The van der Waals surface area contributed by atoms with Crippen LogP contribution in [0.4, 0.5) is 0 Å². The molecule has 0 amide bonds. The van der Waals surface area contributed by atoms with Crippen LogP contribution < -0.4 is 10.5 Å². The molecule has 1 aromatic heterocycles. The molecule has 4 aromatic rings. The molecule has 0 saturated carbocycles. The summed E-state index contributed by atoms with van der Waals surface area (Å²) in [5.74, 6) is 0.747. The van der Waals surface area contributed by atoms with Gasteiger partial charge < -0.3 is 10.5 Å². The Morgan fingerprint density at radius 2 is 1.89 bits per heavy atom. The minimum atomic E-state index is -0.0180. The van der Waals surface area contributed by atoms with E-state index in [9.17, 15) is 0 Å². The first-order valence-electron chi connectivity index (χ1n) is 8.74. The van der Waals surface area contributed by atoms with Gasteiger partial charge in [0.1, 0.15) is 12.1 Å². The molecule has 5 heteroatoms. The first-order chi connectivity index (χ1) is 13.1. The lowest BCUT2D eigenvalue weighted by Gasteiger charge is -2.12. The van der Waals surface area contributed by atoms with E-state index in [2.05, 4.69) is 21.7 Å². The molecule has 0 spiro atoms. The Morgan fingerprint density at radius 1 is 1.07 bits per heavy atom. The van der Waals surface area contributed by atoms with Gasteiger partial charge in [0.2, 0.25) is 0 Å². The van der Waals surface area contributed by atoms with Gasteiger partial charge in [-0.25, -0.2) is 4.98 Å². The van der Waals surface area contributed by atoms with Gasteiger partial charge in [0.25, 0.3) is 0 Å². The third-order valence-electron chi connectivity index (χ3n) is 4.71. The molecule has 1 unspecified atom stereocenters. The first-order valence-corrected chi connectivity index (χ1v) is 9.12. The Labute approximate surface area is 163 Å². The number of hydrogen-bond acceptors (Lipinski definition) is 3. The van der Waals surface area contributed by atoms with Crippen molar-refractivity contribution in [1.82, 2.24) is 9.55 Å². The van der Waals surface area contributed by atoms with Gasteiger partial charge in [-0.1, -0.05) is 35.9 Å². The van der Waals surface area contributed by atoms with Gasteiger partial charge in [-0.3, -0.25) is 4.57 Å². The van der Waals surface area contributed by atoms with Crippen LogP contribution in [0.1, 0.15) is 18.5 Å². The molecule has 0 aliphatic rings. The zero-order chi connectivity index (χ0) is 19.0. The number of methoxy groups -OCH3 is 1. The number of benzene rings is 3. The van der Waals surface area contributed by atoms with Crippen molar-refractivity contribution in [1.29, 1.82) is 0 Å². The number of rotatable bonds is 4. The molecule has 0 aliphatic carbocycles. The minimum absolute atomic E-state index is 0.0180. The van der Waals surface area contributed by atoms with E-state index in [4.69, 9.17) is 22.1 Å². The quantitative estimate of drug-likeness (QED) is 0.519. The second-order valence-electron chi connectivity index (χ2n) is 6.52. The smallest absolute Gasteiger partial charge is 0.128 e. The third kappa shape index (κ3) is 3.18. The number of fused-ring (bicyclic) bond motifs is 1. The van der Waals surface area contributed by atoms with Crippen molar-refractivity contribution in [2.24, 2.45) is 5.73 Å². The van der Waals surface area contributed by atoms with Crippen LogP contribution in [0.15, 0.2) is 67.0 Å². The molecular weight excluding hydrogens is 358 g/mol. The Kier molecular flexibility index (Phi) is 4.60. The highest BCUT2D eigenvalue weighted by atomic mass is 35.5. The average Bonchev–Trinajstić information content (AvgIpc) is 3.11. The molecular formula is C22H20ClN3O. The standard InChI is InChI=1S/C22H20ClN3O/c1-14(24)15-9-10-20-19(12-15)25-13-26(20)17-6-3-5-16(11-17)22-18(23)7-4-8-21(22)27-2/h3-14H,24H2,1-2H3. The molecule has 1 atom stereocenters. The molecule has 0 bridgehead atoms. The second-order valence-corrected chi connectivity index (χ2v) is 6.93. The number of nitrogens with zero attached hydrogens (tertiary/aromatic N) is 2. The summed E-state index contributed by atoms with van der Waals surface area (Å²) in [6.07, 6.45) is 1.83. The molecule has 3 aromatic carbocycles. The second kappa shape index (κ2) is 7.06. The number of halogens is 1. The molecule has 0 saturated heterocycles. The molecule has 0 aliphatic heterocycles. The molecule has 4 rings (SSSR count). The van der Waals surface area contributed by atoms with Crippen molar-refractivity contribution >= 4 is 22.6 Å². The SMILES string of the molecule is COc1cccc(Cl)c1-c1cccc(-n2cnc3cc(C(C)N)ccc32)c1. The van der Waals surface area contributed by atoms with E-state index in [1.54, 1.807) is 7.11 Å². The Hall–Kier alpha value is -2.82. The number of aromatic nitrogens is 2. The lowest BCUT2D eigenvalue weighted by Crippen LogP contribution is -2.04. The summed E-state index contributed by atoms with van der Waals surface area (Å²) in [5.41, 5.74) is 11.9. The average molecular weight is 378 g/mol. The van der Waals surface area contributed by atoms with E-state index < -0.39 is 0 Å². The maximum Gasteiger partial charge on any atom is 0.128 e. The fraction of sp³-hybridized carbons (Fsp3) is 0.136. The maximum absolute atomic E-state index is 6.45. The van der Waals surface area contributed by atoms with Gasteiger partial charge in [-0.2, -0.15) is 0 Å². The molecule has 4 nitrogen and oxygen atoms in total. The Morgan fingerprint density at radius 3 is 2.67 bits per heavy atom. The summed E-state index contributed by atoms with van der Waals surface area (Å²) in [4.78, 5) is 4.55. The number of imidazole rings is 1. The highest BCUT2D eigenvalue weighted by Crippen LogP contribution is 2.37. The summed E-state index contributed by atoms with van der Waals surface area (Å²) in [6, 6.07) is 20.0. The summed E-state index contributed by atoms with van der Waals surface area (Å²) in [6.45, 7) is 1.97. The van der Waals surface area contributed by atoms with Gasteiger partial charge in [0, 0.05) is 17.3 Å². The zero-order valence-corrected chi connectivity index (χ0v) is 15.9. The lowest BCUT2D eigenvalue weighted by molar-refractivity contribution is 0.416.